The van der Waals surface area contributed by atoms with Crippen molar-refractivity contribution in [3.8, 4) is 0 Å². The summed E-state index contributed by atoms with van der Waals surface area (Å²) in [6.45, 7) is -0.615. The molecular formula is C20H21F3N6O7S. The van der Waals surface area contributed by atoms with Crippen LogP contribution >= 0.6 is 0 Å². The van der Waals surface area contributed by atoms with Gasteiger partial charge in [0.25, 0.3) is 0 Å². The number of anilines is 1. The van der Waals surface area contributed by atoms with Crippen LogP contribution in [-0.2, 0) is 27.2 Å². The number of nitrogens with two attached hydrogens (primary N) is 1. The number of halogens is 3. The Labute approximate surface area is 207 Å². The van der Waals surface area contributed by atoms with Crippen LogP contribution in [0.2, 0.25) is 0 Å². The average Bonchev–Trinajstić information content (AvgIpc) is 3.54. The summed E-state index contributed by atoms with van der Waals surface area (Å²) in [5.41, 5.74) is -0.0945. The van der Waals surface area contributed by atoms with Crippen molar-refractivity contribution in [2.24, 2.45) is 11.1 Å². The third-order valence-electron chi connectivity index (χ3n) is 5.66. The predicted octanol–water partition coefficient (Wildman–Crippen LogP) is 0.307. The Morgan fingerprint density at radius 3 is 2.70 bits per heavy atom. The van der Waals surface area contributed by atoms with Gasteiger partial charge in [-0.2, -0.15) is 26.7 Å². The minimum absolute atomic E-state index is 0.0136. The first kappa shape index (κ1) is 26.7. The number of nitrogens with one attached hydrogen (secondary N) is 1. The molecule has 4 atom stereocenters. The van der Waals surface area contributed by atoms with Gasteiger partial charge in [0, 0.05) is 18.3 Å². The molecule has 3 aromatic heterocycles. The maximum absolute atomic E-state index is 13.1. The summed E-state index contributed by atoms with van der Waals surface area (Å²) in [7, 11) is -4.24. The van der Waals surface area contributed by atoms with E-state index in [1.165, 1.54) is 23.1 Å². The molecule has 0 unspecified atom stereocenters. The molecule has 5 N–H and O–H groups in total. The second kappa shape index (κ2) is 10.2. The smallest absolute Gasteiger partial charge is 0.449 e. The number of furan rings is 1. The fourth-order valence-corrected chi connectivity index (χ4v) is 4.25. The SMILES string of the molecule is NS(=O)(=O)OC[C@H]1C[C@@H](Nc2ncncc2C(=O)c2ccn(Cc3ccc(C(F)(F)F)o3)n2)[C@H](O)[C@@H]1O. The van der Waals surface area contributed by atoms with Gasteiger partial charge in [-0.25, -0.2) is 15.1 Å². The normalized spacial score (nSPS) is 22.3. The number of ketones is 1. The summed E-state index contributed by atoms with van der Waals surface area (Å²) in [4.78, 5) is 20.9. The number of alkyl halides is 3. The molecule has 4 rings (SSSR count). The van der Waals surface area contributed by atoms with Crippen molar-refractivity contribution in [1.29, 1.82) is 0 Å². The molecule has 0 saturated heterocycles. The molecule has 1 saturated carbocycles. The Morgan fingerprint density at radius 2 is 2.03 bits per heavy atom. The first-order chi connectivity index (χ1) is 17.3. The van der Waals surface area contributed by atoms with E-state index in [1.807, 2.05) is 0 Å². The van der Waals surface area contributed by atoms with E-state index in [2.05, 4.69) is 24.6 Å². The van der Waals surface area contributed by atoms with Crippen LogP contribution in [0.15, 0.2) is 41.3 Å². The van der Waals surface area contributed by atoms with Gasteiger partial charge in [-0.1, -0.05) is 0 Å². The Morgan fingerprint density at radius 1 is 1.27 bits per heavy atom. The van der Waals surface area contributed by atoms with E-state index in [1.54, 1.807) is 0 Å². The molecule has 0 aromatic carbocycles. The zero-order chi connectivity index (χ0) is 27.0. The lowest BCUT2D eigenvalue weighted by atomic mass is 10.1. The number of rotatable bonds is 9. The molecule has 17 heteroatoms. The van der Waals surface area contributed by atoms with Crippen LogP contribution in [-0.4, -0.2) is 69.0 Å². The van der Waals surface area contributed by atoms with Crippen LogP contribution in [0, 0.1) is 5.92 Å². The van der Waals surface area contributed by atoms with Crippen LogP contribution in [0.4, 0.5) is 19.0 Å². The van der Waals surface area contributed by atoms with E-state index in [9.17, 15) is 36.6 Å². The molecule has 0 radical (unpaired) electrons. The third kappa shape index (κ3) is 6.31. The van der Waals surface area contributed by atoms with Gasteiger partial charge in [-0.15, -0.1) is 0 Å². The first-order valence-electron chi connectivity index (χ1n) is 10.7. The van der Waals surface area contributed by atoms with Crippen molar-refractivity contribution in [1.82, 2.24) is 19.7 Å². The van der Waals surface area contributed by atoms with Crippen molar-refractivity contribution < 1.29 is 45.2 Å². The van der Waals surface area contributed by atoms with Gasteiger partial charge >= 0.3 is 16.5 Å². The summed E-state index contributed by atoms with van der Waals surface area (Å²) in [6, 6.07) is 2.47. The standard InChI is InChI=1S/C20H21F3N6O7S/c21-20(22,23)15-2-1-11(36-15)7-29-4-3-13(28-29)17(31)12-6-25-9-26-19(12)27-14-5-10(16(30)18(14)32)8-35-37(24,33)34/h1-4,6,9-10,14,16,18,30,32H,5,7-8H2,(H2,24,33,34)(H,25,26,27)/t10-,14-,16-,18+/m1/s1. The monoisotopic (exact) mass is 546 g/mol. The van der Waals surface area contributed by atoms with Gasteiger partial charge in [-0.3, -0.25) is 13.7 Å². The number of nitrogens with zero attached hydrogens (tertiary/aromatic N) is 4. The Kier molecular flexibility index (Phi) is 7.33. The highest BCUT2D eigenvalue weighted by atomic mass is 32.2. The van der Waals surface area contributed by atoms with E-state index >= 15 is 0 Å². The number of aliphatic hydroxyl groups excluding tert-OH is 2. The highest BCUT2D eigenvalue weighted by molar-refractivity contribution is 7.84. The van der Waals surface area contributed by atoms with Crippen LogP contribution in [0.1, 0.15) is 34.0 Å². The topological polar surface area (TPSA) is 196 Å². The van der Waals surface area contributed by atoms with Gasteiger partial charge in [0.05, 0.1) is 30.9 Å². The zero-order valence-electron chi connectivity index (χ0n) is 18.7. The lowest BCUT2D eigenvalue weighted by Crippen LogP contribution is -2.36. The highest BCUT2D eigenvalue weighted by Gasteiger charge is 2.42. The van der Waals surface area contributed by atoms with Gasteiger partial charge < -0.3 is 19.9 Å². The molecule has 3 aromatic rings. The maximum Gasteiger partial charge on any atom is 0.449 e. The zero-order valence-corrected chi connectivity index (χ0v) is 19.6. The highest BCUT2D eigenvalue weighted by Crippen LogP contribution is 2.31. The lowest BCUT2D eigenvalue weighted by Gasteiger charge is -2.19. The van der Waals surface area contributed by atoms with Gasteiger partial charge in [0.2, 0.25) is 11.5 Å². The molecule has 0 aliphatic heterocycles. The van der Waals surface area contributed by atoms with E-state index in [-0.39, 0.29) is 35.8 Å². The number of aromatic nitrogens is 4. The fraction of sp³-hybridized carbons (Fsp3) is 0.400. The van der Waals surface area contributed by atoms with Crippen molar-refractivity contribution in [2.75, 3.05) is 11.9 Å². The Hall–Kier alpha value is -3.38. The number of aliphatic hydroxyl groups is 2. The van der Waals surface area contributed by atoms with Crippen molar-refractivity contribution in [2.45, 2.75) is 37.4 Å². The predicted molar refractivity (Wildman–Crippen MR) is 117 cm³/mol. The van der Waals surface area contributed by atoms with Crippen molar-refractivity contribution in [3.63, 3.8) is 0 Å². The second-order valence-electron chi connectivity index (χ2n) is 8.28. The summed E-state index contributed by atoms with van der Waals surface area (Å²) in [5, 5.41) is 32.4. The molecule has 1 aliphatic carbocycles. The van der Waals surface area contributed by atoms with Crippen LogP contribution in [0.3, 0.4) is 0 Å². The van der Waals surface area contributed by atoms with Crippen LogP contribution < -0.4 is 10.5 Å². The Bertz CT molecular complexity index is 1380. The molecule has 0 spiro atoms. The lowest BCUT2D eigenvalue weighted by molar-refractivity contribution is -0.153. The van der Waals surface area contributed by atoms with Crippen LogP contribution in [0.5, 0.6) is 0 Å². The molecule has 13 nitrogen and oxygen atoms in total. The molecular weight excluding hydrogens is 525 g/mol. The van der Waals surface area contributed by atoms with Gasteiger partial charge in [0.1, 0.15) is 29.7 Å². The number of carbonyl (C=O) groups excluding carboxylic acids is 1. The van der Waals surface area contributed by atoms with Crippen molar-refractivity contribution >= 4 is 21.9 Å². The molecule has 1 fully saturated rings. The third-order valence-corrected chi connectivity index (χ3v) is 6.12. The van der Waals surface area contributed by atoms with E-state index in [0.717, 1.165) is 18.5 Å². The largest absolute Gasteiger partial charge is 0.455 e. The molecule has 1 aliphatic rings. The minimum Gasteiger partial charge on any atom is -0.455 e. The minimum atomic E-state index is -4.63. The summed E-state index contributed by atoms with van der Waals surface area (Å²) in [6.07, 6.45) is -3.51. The molecule has 200 valence electrons. The second-order valence-corrected chi connectivity index (χ2v) is 9.50. The van der Waals surface area contributed by atoms with Crippen molar-refractivity contribution in [3.05, 3.63) is 59.7 Å². The maximum atomic E-state index is 13.1. The number of carbonyl (C=O) groups is 1. The quantitative estimate of drug-likeness (QED) is 0.270. The molecule has 3 heterocycles. The summed E-state index contributed by atoms with van der Waals surface area (Å²) >= 11 is 0. The van der Waals surface area contributed by atoms with E-state index in [4.69, 9.17) is 9.56 Å². The first-order valence-corrected chi connectivity index (χ1v) is 12.1. The van der Waals surface area contributed by atoms with E-state index in [0.29, 0.717) is 0 Å². The Balaban J connectivity index is 1.46. The van der Waals surface area contributed by atoms with Crippen LogP contribution in [0.25, 0.3) is 0 Å². The van der Waals surface area contributed by atoms with E-state index < -0.39 is 58.8 Å². The van der Waals surface area contributed by atoms with Gasteiger partial charge in [-0.05, 0) is 24.6 Å². The summed E-state index contributed by atoms with van der Waals surface area (Å²) in [5.74, 6) is -2.56. The molecule has 37 heavy (non-hydrogen) atoms. The average molecular weight is 546 g/mol. The fourth-order valence-electron chi connectivity index (χ4n) is 3.89. The number of hydrogen-bond acceptors (Lipinski definition) is 11. The summed E-state index contributed by atoms with van der Waals surface area (Å²) < 4.78 is 70.8. The number of hydrogen-bond donors (Lipinski definition) is 4. The molecule has 0 amide bonds. The molecule has 0 bridgehead atoms. The van der Waals surface area contributed by atoms with Gasteiger partial charge in [0.15, 0.2) is 0 Å².